The Morgan fingerprint density at radius 3 is 2.32 bits per heavy atom. The van der Waals surface area contributed by atoms with Crippen LogP contribution >= 0.6 is 0 Å². The summed E-state index contributed by atoms with van der Waals surface area (Å²) in [4.78, 5) is 38.7. The molecule has 22 heavy (non-hydrogen) atoms. The van der Waals surface area contributed by atoms with E-state index in [1.807, 2.05) is 0 Å². The van der Waals surface area contributed by atoms with Crippen molar-refractivity contribution >= 4 is 17.9 Å². The molecule has 1 saturated heterocycles. The van der Waals surface area contributed by atoms with Gasteiger partial charge < -0.3 is 19.9 Å². The molecule has 0 bridgehead atoms. The summed E-state index contributed by atoms with van der Waals surface area (Å²) in [5, 5.41) is 2.90. The first-order chi connectivity index (χ1) is 10.5. The number of hydrogen-bond donors (Lipinski definition) is 1. The second kappa shape index (κ2) is 7.47. The molecule has 0 unspecified atom stereocenters. The molecule has 124 valence electrons. The van der Waals surface area contributed by atoms with E-state index in [-0.39, 0.29) is 30.5 Å². The highest BCUT2D eigenvalue weighted by molar-refractivity contribution is 5.84. The Hall–Kier alpha value is -1.79. The van der Waals surface area contributed by atoms with Crippen LogP contribution in [-0.4, -0.2) is 66.0 Å². The second-order valence-corrected chi connectivity index (χ2v) is 5.91. The van der Waals surface area contributed by atoms with Crippen molar-refractivity contribution in [3.63, 3.8) is 0 Å². The zero-order valence-corrected chi connectivity index (χ0v) is 13.3. The Labute approximate surface area is 131 Å². The molecule has 1 N–H and O–H groups in total. The van der Waals surface area contributed by atoms with Gasteiger partial charge in [-0.2, -0.15) is 0 Å². The SMILES string of the molecule is CCOC(=O)N1CCC(N(CC(=O)NC2CC2)C(C)=O)CC1. The van der Waals surface area contributed by atoms with Gasteiger partial charge in [0.1, 0.15) is 0 Å². The van der Waals surface area contributed by atoms with E-state index in [0.717, 1.165) is 12.8 Å². The molecule has 1 aliphatic carbocycles. The predicted octanol–water partition coefficient (Wildman–Crippen LogP) is 0.734. The molecule has 0 aromatic rings. The monoisotopic (exact) mass is 311 g/mol. The molecule has 3 amide bonds. The fourth-order valence-electron chi connectivity index (χ4n) is 2.73. The summed E-state index contributed by atoms with van der Waals surface area (Å²) in [6.45, 7) is 4.84. The Kier molecular flexibility index (Phi) is 5.63. The van der Waals surface area contributed by atoms with Crippen LogP contribution < -0.4 is 5.32 Å². The van der Waals surface area contributed by atoms with Crippen molar-refractivity contribution in [3.8, 4) is 0 Å². The van der Waals surface area contributed by atoms with Crippen LogP contribution in [0.1, 0.15) is 39.5 Å². The van der Waals surface area contributed by atoms with E-state index in [1.165, 1.54) is 6.92 Å². The van der Waals surface area contributed by atoms with Crippen molar-refractivity contribution in [1.82, 2.24) is 15.1 Å². The van der Waals surface area contributed by atoms with Gasteiger partial charge in [-0.25, -0.2) is 4.79 Å². The third-order valence-corrected chi connectivity index (χ3v) is 4.09. The van der Waals surface area contributed by atoms with Gasteiger partial charge in [-0.3, -0.25) is 9.59 Å². The topological polar surface area (TPSA) is 79.0 Å². The van der Waals surface area contributed by atoms with Gasteiger partial charge >= 0.3 is 6.09 Å². The van der Waals surface area contributed by atoms with Crippen LogP contribution in [-0.2, 0) is 14.3 Å². The van der Waals surface area contributed by atoms with Gasteiger partial charge in [0.05, 0.1) is 13.2 Å². The van der Waals surface area contributed by atoms with Crippen molar-refractivity contribution < 1.29 is 19.1 Å². The minimum absolute atomic E-state index is 0.00753. The van der Waals surface area contributed by atoms with Gasteiger partial charge in [0.25, 0.3) is 0 Å². The lowest BCUT2D eigenvalue weighted by Gasteiger charge is -2.37. The van der Waals surface area contributed by atoms with Crippen molar-refractivity contribution in [2.75, 3.05) is 26.2 Å². The van der Waals surface area contributed by atoms with E-state index in [1.54, 1.807) is 16.7 Å². The number of nitrogens with one attached hydrogen (secondary N) is 1. The average Bonchev–Trinajstić information content (AvgIpc) is 3.29. The van der Waals surface area contributed by atoms with Gasteiger partial charge in [-0.05, 0) is 32.6 Å². The van der Waals surface area contributed by atoms with E-state index in [2.05, 4.69) is 5.32 Å². The number of rotatable bonds is 5. The maximum atomic E-state index is 11.9. The minimum atomic E-state index is -0.304. The Morgan fingerprint density at radius 1 is 1.18 bits per heavy atom. The van der Waals surface area contributed by atoms with Gasteiger partial charge in [-0.1, -0.05) is 0 Å². The summed E-state index contributed by atoms with van der Waals surface area (Å²) >= 11 is 0. The minimum Gasteiger partial charge on any atom is -0.450 e. The molecule has 2 aliphatic rings. The van der Waals surface area contributed by atoms with Crippen LogP contribution in [0.3, 0.4) is 0 Å². The van der Waals surface area contributed by atoms with Crippen LogP contribution in [0.4, 0.5) is 4.79 Å². The summed E-state index contributed by atoms with van der Waals surface area (Å²) in [5.74, 6) is -0.189. The van der Waals surface area contributed by atoms with Crippen LogP contribution in [0, 0.1) is 0 Å². The molecule has 0 radical (unpaired) electrons. The second-order valence-electron chi connectivity index (χ2n) is 5.91. The third-order valence-electron chi connectivity index (χ3n) is 4.09. The first kappa shape index (κ1) is 16.6. The number of nitrogens with zero attached hydrogens (tertiary/aromatic N) is 2. The van der Waals surface area contributed by atoms with Crippen LogP contribution in [0.15, 0.2) is 0 Å². The van der Waals surface area contributed by atoms with Crippen molar-refractivity contribution in [3.05, 3.63) is 0 Å². The first-order valence-corrected chi connectivity index (χ1v) is 7.99. The summed E-state index contributed by atoms with van der Waals surface area (Å²) in [7, 11) is 0. The standard InChI is InChI=1S/C15H25N3O4/c1-3-22-15(21)17-8-6-13(7-9-17)18(11(2)19)10-14(20)16-12-4-5-12/h12-13H,3-10H2,1-2H3,(H,16,20). The van der Waals surface area contributed by atoms with Gasteiger partial charge in [0.2, 0.25) is 11.8 Å². The number of hydrogen-bond acceptors (Lipinski definition) is 4. The lowest BCUT2D eigenvalue weighted by atomic mass is 10.0. The van der Waals surface area contributed by atoms with E-state index in [0.29, 0.717) is 38.6 Å². The highest BCUT2D eigenvalue weighted by atomic mass is 16.6. The number of amides is 3. The molecule has 0 aromatic carbocycles. The third kappa shape index (κ3) is 4.61. The first-order valence-electron chi connectivity index (χ1n) is 7.99. The van der Waals surface area contributed by atoms with Crippen molar-refractivity contribution in [1.29, 1.82) is 0 Å². The van der Waals surface area contributed by atoms with Crippen molar-refractivity contribution in [2.45, 2.75) is 51.6 Å². The Bertz CT molecular complexity index is 429. The van der Waals surface area contributed by atoms with E-state index in [9.17, 15) is 14.4 Å². The number of ether oxygens (including phenoxy) is 1. The summed E-state index contributed by atoms with van der Waals surface area (Å²) in [5.41, 5.74) is 0. The van der Waals surface area contributed by atoms with E-state index < -0.39 is 0 Å². The van der Waals surface area contributed by atoms with Gasteiger partial charge in [-0.15, -0.1) is 0 Å². The average molecular weight is 311 g/mol. The van der Waals surface area contributed by atoms with Gasteiger partial charge in [0.15, 0.2) is 0 Å². The summed E-state index contributed by atoms with van der Waals surface area (Å²) in [6, 6.07) is 0.306. The normalized spacial score (nSPS) is 18.7. The van der Waals surface area contributed by atoms with E-state index >= 15 is 0 Å². The predicted molar refractivity (Wildman–Crippen MR) is 80.2 cm³/mol. The largest absolute Gasteiger partial charge is 0.450 e. The molecule has 0 spiro atoms. The number of carbonyl (C=O) groups excluding carboxylic acids is 3. The molecular formula is C15H25N3O4. The lowest BCUT2D eigenvalue weighted by Crippen LogP contribution is -2.51. The molecule has 2 rings (SSSR count). The van der Waals surface area contributed by atoms with E-state index in [4.69, 9.17) is 4.74 Å². The zero-order chi connectivity index (χ0) is 16.1. The fraction of sp³-hybridized carbons (Fsp3) is 0.800. The van der Waals surface area contributed by atoms with Crippen LogP contribution in [0.5, 0.6) is 0 Å². The molecule has 0 atom stereocenters. The number of carbonyl (C=O) groups is 3. The maximum absolute atomic E-state index is 11.9. The highest BCUT2D eigenvalue weighted by Crippen LogP contribution is 2.20. The molecule has 1 heterocycles. The molecule has 1 saturated carbocycles. The Morgan fingerprint density at radius 2 is 1.82 bits per heavy atom. The van der Waals surface area contributed by atoms with Gasteiger partial charge in [0, 0.05) is 32.1 Å². The summed E-state index contributed by atoms with van der Waals surface area (Å²) < 4.78 is 4.98. The molecule has 7 heteroatoms. The Balaban J connectivity index is 1.83. The van der Waals surface area contributed by atoms with Crippen LogP contribution in [0.2, 0.25) is 0 Å². The molecule has 2 fully saturated rings. The molecule has 7 nitrogen and oxygen atoms in total. The fourth-order valence-corrected chi connectivity index (χ4v) is 2.73. The molecule has 1 aliphatic heterocycles. The maximum Gasteiger partial charge on any atom is 0.409 e. The van der Waals surface area contributed by atoms with Crippen LogP contribution in [0.25, 0.3) is 0 Å². The smallest absolute Gasteiger partial charge is 0.409 e. The lowest BCUT2D eigenvalue weighted by molar-refractivity contribution is -0.137. The van der Waals surface area contributed by atoms with Crippen molar-refractivity contribution in [2.24, 2.45) is 0 Å². The molecular weight excluding hydrogens is 286 g/mol. The quantitative estimate of drug-likeness (QED) is 0.812. The zero-order valence-electron chi connectivity index (χ0n) is 13.3. The number of piperidine rings is 1. The summed E-state index contributed by atoms with van der Waals surface area (Å²) in [6.07, 6.45) is 3.11. The number of likely N-dealkylation sites (tertiary alicyclic amines) is 1. The highest BCUT2D eigenvalue weighted by Gasteiger charge is 2.31. The molecule has 0 aromatic heterocycles.